The van der Waals surface area contributed by atoms with E-state index in [4.69, 9.17) is 14.2 Å². The smallest absolute Gasteiger partial charge is 0.311 e. The number of carbonyl (C=O) groups is 2. The lowest BCUT2D eigenvalue weighted by molar-refractivity contribution is -0.136. The summed E-state index contributed by atoms with van der Waals surface area (Å²) in [5.41, 5.74) is 0.692. The topological polar surface area (TPSA) is 61.8 Å². The lowest BCUT2D eigenvalue weighted by Crippen LogP contribution is -2.11. The van der Waals surface area contributed by atoms with Crippen molar-refractivity contribution < 1.29 is 23.8 Å². The van der Waals surface area contributed by atoms with Crippen molar-refractivity contribution >= 4 is 18.0 Å². The number of rotatable bonds is 6. The molecule has 0 heterocycles. The molecule has 0 aliphatic heterocycles. The molecule has 0 saturated heterocycles. The van der Waals surface area contributed by atoms with Gasteiger partial charge in [0, 0.05) is 13.3 Å². The Morgan fingerprint density at radius 3 is 2.40 bits per heavy atom. The Labute approximate surface area is 118 Å². The molecule has 0 radical (unpaired) electrons. The Morgan fingerprint density at radius 1 is 1.25 bits per heavy atom. The van der Waals surface area contributed by atoms with Gasteiger partial charge in [-0.1, -0.05) is 19.6 Å². The van der Waals surface area contributed by atoms with Gasteiger partial charge in [-0.3, -0.25) is 9.59 Å². The molecular formula is C15H18O5. The number of ether oxygens (including phenoxy) is 3. The minimum Gasteiger partial charge on any atom is -0.493 e. The highest BCUT2D eigenvalue weighted by molar-refractivity contribution is 5.77. The number of methoxy groups -OCH3 is 1. The van der Waals surface area contributed by atoms with Crippen molar-refractivity contribution in [1.29, 1.82) is 0 Å². The number of hydrogen-bond donors (Lipinski definition) is 0. The van der Waals surface area contributed by atoms with E-state index in [1.807, 2.05) is 6.92 Å². The van der Waals surface area contributed by atoms with Gasteiger partial charge < -0.3 is 14.2 Å². The second-order valence-corrected chi connectivity index (χ2v) is 4.07. The SMILES string of the molecule is C=Cc1cc(OC)c(OC(C)=O)c(OC(=O)CCC)c1. The zero-order valence-electron chi connectivity index (χ0n) is 11.9. The number of esters is 2. The molecule has 0 bridgehead atoms. The first kappa shape index (κ1) is 15.8. The fraction of sp³-hybridized carbons (Fsp3) is 0.333. The van der Waals surface area contributed by atoms with E-state index in [0.29, 0.717) is 17.7 Å². The first-order valence-corrected chi connectivity index (χ1v) is 6.25. The van der Waals surface area contributed by atoms with Crippen LogP contribution in [0, 0.1) is 0 Å². The predicted octanol–water partition coefficient (Wildman–Crippen LogP) is 2.97. The molecule has 0 spiro atoms. The Hall–Kier alpha value is -2.30. The minimum absolute atomic E-state index is 0.0926. The summed E-state index contributed by atoms with van der Waals surface area (Å²) in [6.07, 6.45) is 2.53. The Bertz CT molecular complexity index is 519. The molecule has 20 heavy (non-hydrogen) atoms. The maximum Gasteiger partial charge on any atom is 0.311 e. The molecule has 0 saturated carbocycles. The summed E-state index contributed by atoms with van der Waals surface area (Å²) in [5, 5.41) is 0. The van der Waals surface area contributed by atoms with Crippen LogP contribution in [-0.2, 0) is 9.59 Å². The molecule has 5 heteroatoms. The fourth-order valence-electron chi connectivity index (χ4n) is 1.56. The van der Waals surface area contributed by atoms with Crippen LogP contribution >= 0.6 is 0 Å². The lowest BCUT2D eigenvalue weighted by atomic mass is 10.2. The molecule has 0 fully saturated rings. The molecule has 1 aromatic carbocycles. The van der Waals surface area contributed by atoms with E-state index in [2.05, 4.69) is 6.58 Å². The summed E-state index contributed by atoms with van der Waals surface area (Å²) >= 11 is 0. The number of hydrogen-bond acceptors (Lipinski definition) is 5. The van der Waals surface area contributed by atoms with Crippen molar-refractivity contribution in [1.82, 2.24) is 0 Å². The third kappa shape index (κ3) is 4.12. The summed E-state index contributed by atoms with van der Waals surface area (Å²) in [4.78, 5) is 22.8. The van der Waals surface area contributed by atoms with Crippen molar-refractivity contribution in [2.75, 3.05) is 7.11 Å². The van der Waals surface area contributed by atoms with Gasteiger partial charge in [-0.05, 0) is 24.1 Å². The molecule has 1 rings (SSSR count). The van der Waals surface area contributed by atoms with E-state index in [1.165, 1.54) is 14.0 Å². The molecule has 5 nitrogen and oxygen atoms in total. The highest BCUT2D eigenvalue weighted by Crippen LogP contribution is 2.39. The highest BCUT2D eigenvalue weighted by atomic mass is 16.6. The van der Waals surface area contributed by atoms with Crippen LogP contribution in [0.4, 0.5) is 0 Å². The molecule has 0 atom stereocenters. The van der Waals surface area contributed by atoms with E-state index >= 15 is 0 Å². The van der Waals surface area contributed by atoms with E-state index in [9.17, 15) is 9.59 Å². The molecule has 0 aliphatic rings. The van der Waals surface area contributed by atoms with E-state index in [1.54, 1.807) is 18.2 Å². The minimum atomic E-state index is -0.526. The molecule has 0 aliphatic carbocycles. The quantitative estimate of drug-likeness (QED) is 0.591. The lowest BCUT2D eigenvalue weighted by Gasteiger charge is -2.14. The molecule has 1 aromatic rings. The second kappa shape index (κ2) is 7.33. The second-order valence-electron chi connectivity index (χ2n) is 4.07. The summed E-state index contributed by atoms with van der Waals surface area (Å²) in [6, 6.07) is 3.21. The van der Waals surface area contributed by atoms with Crippen LogP contribution in [0.2, 0.25) is 0 Å². The first-order chi connectivity index (χ1) is 9.51. The normalized spacial score (nSPS) is 9.75. The van der Waals surface area contributed by atoms with E-state index < -0.39 is 11.9 Å². The molecule has 0 aromatic heterocycles. The Morgan fingerprint density at radius 2 is 1.90 bits per heavy atom. The van der Waals surface area contributed by atoms with Crippen molar-refractivity contribution in [3.8, 4) is 17.2 Å². The van der Waals surface area contributed by atoms with Gasteiger partial charge in [0.15, 0.2) is 11.5 Å². The van der Waals surface area contributed by atoms with Gasteiger partial charge >= 0.3 is 11.9 Å². The van der Waals surface area contributed by atoms with Gasteiger partial charge in [-0.25, -0.2) is 0 Å². The third-order valence-electron chi connectivity index (χ3n) is 2.42. The van der Waals surface area contributed by atoms with Crippen LogP contribution in [0.5, 0.6) is 17.2 Å². The number of carbonyl (C=O) groups excluding carboxylic acids is 2. The summed E-state index contributed by atoms with van der Waals surface area (Å²) in [5.74, 6) is -0.383. The molecular weight excluding hydrogens is 260 g/mol. The zero-order chi connectivity index (χ0) is 15.1. The van der Waals surface area contributed by atoms with Gasteiger partial charge in [0.05, 0.1) is 7.11 Å². The average molecular weight is 278 g/mol. The van der Waals surface area contributed by atoms with Gasteiger partial charge in [0.25, 0.3) is 0 Å². The maximum absolute atomic E-state index is 11.6. The zero-order valence-corrected chi connectivity index (χ0v) is 11.9. The summed E-state index contributed by atoms with van der Waals surface area (Å²) in [7, 11) is 1.44. The standard InChI is InChI=1S/C15H18O5/c1-5-7-14(17)20-13-9-11(6-2)8-12(18-4)15(13)19-10(3)16/h6,8-9H,2,5,7H2,1,3-4H3. The summed E-state index contributed by atoms with van der Waals surface area (Å²) < 4.78 is 15.5. The van der Waals surface area contributed by atoms with Crippen LogP contribution in [0.1, 0.15) is 32.3 Å². The van der Waals surface area contributed by atoms with Crippen LogP contribution in [0.25, 0.3) is 6.08 Å². The average Bonchev–Trinajstić information content (AvgIpc) is 2.40. The fourth-order valence-corrected chi connectivity index (χ4v) is 1.56. The molecule has 0 unspecified atom stereocenters. The first-order valence-electron chi connectivity index (χ1n) is 6.25. The van der Waals surface area contributed by atoms with Gasteiger partial charge in [0.2, 0.25) is 5.75 Å². The molecule has 0 N–H and O–H groups in total. The van der Waals surface area contributed by atoms with Gasteiger partial charge in [0.1, 0.15) is 0 Å². The van der Waals surface area contributed by atoms with E-state index in [-0.39, 0.29) is 17.9 Å². The van der Waals surface area contributed by atoms with Crippen molar-refractivity contribution in [2.45, 2.75) is 26.7 Å². The Balaban J connectivity index is 3.24. The monoisotopic (exact) mass is 278 g/mol. The van der Waals surface area contributed by atoms with Crippen LogP contribution in [-0.4, -0.2) is 19.0 Å². The van der Waals surface area contributed by atoms with Gasteiger partial charge in [-0.2, -0.15) is 0 Å². The Kier molecular flexibility index (Phi) is 5.77. The van der Waals surface area contributed by atoms with Crippen molar-refractivity contribution in [3.63, 3.8) is 0 Å². The third-order valence-corrected chi connectivity index (χ3v) is 2.42. The van der Waals surface area contributed by atoms with E-state index in [0.717, 1.165) is 0 Å². The van der Waals surface area contributed by atoms with Crippen molar-refractivity contribution in [3.05, 3.63) is 24.3 Å². The van der Waals surface area contributed by atoms with Crippen LogP contribution < -0.4 is 14.2 Å². The largest absolute Gasteiger partial charge is 0.493 e. The maximum atomic E-state index is 11.6. The van der Waals surface area contributed by atoms with Gasteiger partial charge in [-0.15, -0.1) is 0 Å². The predicted molar refractivity (Wildman–Crippen MR) is 74.9 cm³/mol. The van der Waals surface area contributed by atoms with Crippen molar-refractivity contribution in [2.24, 2.45) is 0 Å². The molecule has 0 amide bonds. The number of benzene rings is 1. The van der Waals surface area contributed by atoms with Crippen LogP contribution in [0.3, 0.4) is 0 Å². The van der Waals surface area contributed by atoms with Crippen LogP contribution in [0.15, 0.2) is 18.7 Å². The summed E-state index contributed by atoms with van der Waals surface area (Å²) in [6.45, 7) is 6.78. The highest BCUT2D eigenvalue weighted by Gasteiger charge is 2.18. The molecule has 108 valence electrons.